The molecular formula is C15H18N2O5. The molecule has 1 aromatic rings. The molecule has 0 radical (unpaired) electrons. The van der Waals surface area contributed by atoms with Crippen molar-refractivity contribution >= 4 is 17.5 Å². The summed E-state index contributed by atoms with van der Waals surface area (Å²) in [5.74, 6) is -0.746. The van der Waals surface area contributed by atoms with Crippen LogP contribution < -0.4 is 5.56 Å². The maximum Gasteiger partial charge on any atom is 0.345 e. The van der Waals surface area contributed by atoms with Crippen LogP contribution in [0.5, 0.6) is 0 Å². The number of ether oxygens (including phenoxy) is 2. The van der Waals surface area contributed by atoms with Gasteiger partial charge in [-0.25, -0.2) is 14.6 Å². The van der Waals surface area contributed by atoms with E-state index in [1.54, 1.807) is 13.8 Å². The highest BCUT2D eigenvalue weighted by Gasteiger charge is 2.22. The van der Waals surface area contributed by atoms with Crippen LogP contribution in [0.2, 0.25) is 0 Å². The van der Waals surface area contributed by atoms with Gasteiger partial charge in [-0.3, -0.25) is 9.36 Å². The fourth-order valence-electron chi connectivity index (χ4n) is 2.31. The van der Waals surface area contributed by atoms with Gasteiger partial charge >= 0.3 is 11.9 Å². The quantitative estimate of drug-likeness (QED) is 0.613. The number of hydrogen-bond acceptors (Lipinski definition) is 6. The molecule has 0 aliphatic carbocycles. The number of nitrogens with zero attached hydrogens (tertiary/aromatic N) is 2. The van der Waals surface area contributed by atoms with Crippen LogP contribution in [0.4, 0.5) is 0 Å². The van der Waals surface area contributed by atoms with Crippen LogP contribution in [-0.2, 0) is 20.8 Å². The Balaban J connectivity index is 2.42. The lowest BCUT2D eigenvalue weighted by Gasteiger charge is -2.20. The van der Waals surface area contributed by atoms with Gasteiger partial charge in [0.1, 0.15) is 11.4 Å². The molecular weight excluding hydrogens is 288 g/mol. The predicted molar refractivity (Wildman–Crippen MR) is 78.3 cm³/mol. The molecule has 0 unspecified atom stereocenters. The second-order valence-electron chi connectivity index (χ2n) is 4.70. The molecule has 0 saturated heterocycles. The highest BCUT2D eigenvalue weighted by Crippen LogP contribution is 2.23. The molecule has 1 aliphatic heterocycles. The second-order valence-corrected chi connectivity index (χ2v) is 4.70. The number of fused-ring (bicyclic) bond motifs is 1. The fourth-order valence-corrected chi connectivity index (χ4v) is 2.31. The molecule has 1 aromatic heterocycles. The van der Waals surface area contributed by atoms with E-state index in [4.69, 9.17) is 9.47 Å². The summed E-state index contributed by atoms with van der Waals surface area (Å²) >= 11 is 0. The maximum absolute atomic E-state index is 12.4. The lowest BCUT2D eigenvalue weighted by molar-refractivity contribution is -0.137. The van der Waals surface area contributed by atoms with Crippen LogP contribution in [-0.4, -0.2) is 34.7 Å². The largest absolute Gasteiger partial charge is 0.463 e. The van der Waals surface area contributed by atoms with E-state index in [0.29, 0.717) is 30.8 Å². The molecule has 0 saturated carbocycles. The smallest absolute Gasteiger partial charge is 0.345 e. The van der Waals surface area contributed by atoms with Crippen LogP contribution in [0.25, 0.3) is 5.57 Å². The Morgan fingerprint density at radius 3 is 2.73 bits per heavy atom. The Morgan fingerprint density at radius 1 is 1.32 bits per heavy atom. The minimum atomic E-state index is -0.684. The zero-order valence-corrected chi connectivity index (χ0v) is 12.6. The third-order valence-corrected chi connectivity index (χ3v) is 3.24. The van der Waals surface area contributed by atoms with E-state index >= 15 is 0 Å². The molecule has 0 spiro atoms. The van der Waals surface area contributed by atoms with Crippen LogP contribution in [0.1, 0.15) is 42.9 Å². The third kappa shape index (κ3) is 3.24. The standard InChI is InChI=1S/C15H18N2O5/c1-3-21-12(18)8-10-6-5-7-17-13(10)16-9-11(14(17)19)15(20)22-4-2/h8-9H,3-7H2,1-2H3/b10-8+. The Hall–Kier alpha value is -2.44. The van der Waals surface area contributed by atoms with Crippen molar-refractivity contribution in [3.05, 3.63) is 34.0 Å². The van der Waals surface area contributed by atoms with Crippen LogP contribution in [0, 0.1) is 0 Å². The van der Waals surface area contributed by atoms with Gasteiger partial charge in [0, 0.05) is 24.4 Å². The van der Waals surface area contributed by atoms with Crippen molar-refractivity contribution in [1.82, 2.24) is 9.55 Å². The van der Waals surface area contributed by atoms with E-state index in [2.05, 4.69) is 4.98 Å². The SMILES string of the molecule is CCOC(=O)/C=C1\CCCn2c1ncc(C(=O)OCC)c2=O. The minimum absolute atomic E-state index is 0.0945. The Labute approximate surface area is 127 Å². The average molecular weight is 306 g/mol. The van der Waals surface area contributed by atoms with Gasteiger partial charge in [0.25, 0.3) is 5.56 Å². The summed E-state index contributed by atoms with van der Waals surface area (Å²) in [6.07, 6.45) is 3.87. The van der Waals surface area contributed by atoms with E-state index in [-0.39, 0.29) is 18.8 Å². The van der Waals surface area contributed by atoms with E-state index in [0.717, 1.165) is 0 Å². The molecule has 0 bridgehead atoms. The number of allylic oxidation sites excluding steroid dienone is 1. The average Bonchev–Trinajstić information content (AvgIpc) is 2.48. The van der Waals surface area contributed by atoms with Gasteiger partial charge < -0.3 is 9.47 Å². The molecule has 2 rings (SSSR count). The molecule has 7 heteroatoms. The zero-order chi connectivity index (χ0) is 16.1. The van der Waals surface area contributed by atoms with Crippen molar-refractivity contribution in [2.75, 3.05) is 13.2 Å². The highest BCUT2D eigenvalue weighted by atomic mass is 16.5. The third-order valence-electron chi connectivity index (χ3n) is 3.24. The van der Waals surface area contributed by atoms with E-state index in [1.807, 2.05) is 0 Å². The van der Waals surface area contributed by atoms with Crippen LogP contribution in [0.15, 0.2) is 17.1 Å². The molecule has 0 fully saturated rings. The van der Waals surface area contributed by atoms with E-state index in [9.17, 15) is 14.4 Å². The molecule has 0 aromatic carbocycles. The first-order valence-corrected chi connectivity index (χ1v) is 7.23. The number of aromatic nitrogens is 2. The number of carbonyl (C=O) groups excluding carboxylic acids is 2. The van der Waals surface area contributed by atoms with Crippen molar-refractivity contribution in [2.45, 2.75) is 33.2 Å². The fraction of sp³-hybridized carbons (Fsp3) is 0.467. The summed E-state index contributed by atoms with van der Waals surface area (Å²) in [6.45, 7) is 4.31. The lowest BCUT2D eigenvalue weighted by atomic mass is 10.0. The Morgan fingerprint density at radius 2 is 2.05 bits per heavy atom. The van der Waals surface area contributed by atoms with Gasteiger partial charge in [-0.15, -0.1) is 0 Å². The molecule has 118 valence electrons. The predicted octanol–water partition coefficient (Wildman–Crippen LogP) is 1.16. The molecule has 7 nitrogen and oxygen atoms in total. The Bertz CT molecular complexity index is 675. The van der Waals surface area contributed by atoms with Crippen LogP contribution >= 0.6 is 0 Å². The first-order valence-electron chi connectivity index (χ1n) is 7.23. The summed E-state index contributed by atoms with van der Waals surface area (Å²) in [4.78, 5) is 39.8. The molecule has 2 heterocycles. The lowest BCUT2D eigenvalue weighted by Crippen LogP contribution is -2.32. The van der Waals surface area contributed by atoms with Crippen molar-refractivity contribution in [1.29, 1.82) is 0 Å². The first kappa shape index (κ1) is 15.9. The summed E-state index contributed by atoms with van der Waals surface area (Å²) in [6, 6.07) is 0. The van der Waals surface area contributed by atoms with E-state index < -0.39 is 17.5 Å². The van der Waals surface area contributed by atoms with Crippen molar-refractivity contribution in [3.8, 4) is 0 Å². The molecule has 0 atom stereocenters. The number of rotatable bonds is 4. The minimum Gasteiger partial charge on any atom is -0.463 e. The van der Waals surface area contributed by atoms with Gasteiger partial charge in [0.2, 0.25) is 0 Å². The van der Waals surface area contributed by atoms with E-state index in [1.165, 1.54) is 16.8 Å². The molecule has 0 amide bonds. The van der Waals surface area contributed by atoms with Crippen LogP contribution in [0.3, 0.4) is 0 Å². The maximum atomic E-state index is 12.4. The van der Waals surface area contributed by atoms with Crippen molar-refractivity contribution < 1.29 is 19.1 Å². The second kappa shape index (κ2) is 7.02. The Kier molecular flexibility index (Phi) is 5.08. The number of hydrogen-bond donors (Lipinski definition) is 0. The van der Waals surface area contributed by atoms with Gasteiger partial charge in [-0.1, -0.05) is 0 Å². The highest BCUT2D eigenvalue weighted by molar-refractivity contribution is 5.91. The van der Waals surface area contributed by atoms with Gasteiger partial charge in [-0.2, -0.15) is 0 Å². The summed E-state index contributed by atoms with van der Waals surface area (Å²) in [5.41, 5.74) is 0.0955. The normalized spacial score (nSPS) is 15.3. The first-order chi connectivity index (χ1) is 10.6. The zero-order valence-electron chi connectivity index (χ0n) is 12.6. The number of esters is 2. The van der Waals surface area contributed by atoms with Gasteiger partial charge in [0.05, 0.1) is 13.2 Å². The summed E-state index contributed by atoms with van der Waals surface area (Å²) in [5, 5.41) is 0. The topological polar surface area (TPSA) is 87.5 Å². The summed E-state index contributed by atoms with van der Waals surface area (Å²) < 4.78 is 11.1. The molecule has 22 heavy (non-hydrogen) atoms. The van der Waals surface area contributed by atoms with Crippen molar-refractivity contribution in [2.24, 2.45) is 0 Å². The summed E-state index contributed by atoms with van der Waals surface area (Å²) in [7, 11) is 0. The van der Waals surface area contributed by atoms with Crippen molar-refractivity contribution in [3.63, 3.8) is 0 Å². The molecule has 1 aliphatic rings. The number of carbonyl (C=O) groups is 2. The molecule has 0 N–H and O–H groups in total. The monoisotopic (exact) mass is 306 g/mol. The van der Waals surface area contributed by atoms with Gasteiger partial charge in [-0.05, 0) is 26.7 Å². The van der Waals surface area contributed by atoms with Gasteiger partial charge in [0.15, 0.2) is 0 Å².